The van der Waals surface area contributed by atoms with Gasteiger partial charge in [0.25, 0.3) is 0 Å². The van der Waals surface area contributed by atoms with Crippen molar-refractivity contribution in [3.05, 3.63) is 17.9 Å². The van der Waals surface area contributed by atoms with Gasteiger partial charge in [-0.2, -0.15) is 0 Å². The maximum atomic E-state index is 10.8. The molecule has 0 saturated carbocycles. The van der Waals surface area contributed by atoms with E-state index in [9.17, 15) is 4.79 Å². The summed E-state index contributed by atoms with van der Waals surface area (Å²) < 4.78 is 15.9. The standard InChI is InChI=1S/C13H21NO5/c1-3-17-9-7-14(8-10-18-4-2)12-6-5-11(19-12)13(15)16/h5-6H,3-4,7-10H2,1-2H3,(H,15,16). The van der Waals surface area contributed by atoms with E-state index in [4.69, 9.17) is 19.0 Å². The first-order chi connectivity index (χ1) is 9.19. The van der Waals surface area contributed by atoms with E-state index in [1.807, 2.05) is 18.7 Å². The molecule has 0 fully saturated rings. The number of hydrogen-bond donors (Lipinski definition) is 1. The van der Waals surface area contributed by atoms with E-state index in [1.54, 1.807) is 6.07 Å². The normalized spacial score (nSPS) is 10.6. The Labute approximate surface area is 112 Å². The highest BCUT2D eigenvalue weighted by Crippen LogP contribution is 2.18. The lowest BCUT2D eigenvalue weighted by Gasteiger charge is -2.21. The van der Waals surface area contributed by atoms with Crippen molar-refractivity contribution < 1.29 is 23.8 Å². The largest absolute Gasteiger partial charge is 0.475 e. The predicted molar refractivity (Wildman–Crippen MR) is 70.9 cm³/mol. The average Bonchev–Trinajstić information content (AvgIpc) is 2.87. The van der Waals surface area contributed by atoms with Crippen molar-refractivity contribution >= 4 is 11.9 Å². The minimum Gasteiger partial charge on any atom is -0.475 e. The minimum absolute atomic E-state index is 0.0622. The molecular formula is C13H21NO5. The number of furan rings is 1. The van der Waals surface area contributed by atoms with Crippen LogP contribution >= 0.6 is 0 Å². The van der Waals surface area contributed by atoms with Gasteiger partial charge in [-0.25, -0.2) is 4.79 Å². The summed E-state index contributed by atoms with van der Waals surface area (Å²) in [6.07, 6.45) is 0. The van der Waals surface area contributed by atoms with Gasteiger partial charge in [0.15, 0.2) is 5.88 Å². The molecule has 0 bridgehead atoms. The minimum atomic E-state index is -1.07. The van der Waals surface area contributed by atoms with E-state index in [-0.39, 0.29) is 5.76 Å². The third kappa shape index (κ3) is 5.32. The van der Waals surface area contributed by atoms with Gasteiger partial charge in [-0.05, 0) is 19.9 Å². The fourth-order valence-electron chi connectivity index (χ4n) is 1.58. The monoisotopic (exact) mass is 271 g/mol. The Hall–Kier alpha value is -1.53. The van der Waals surface area contributed by atoms with Crippen molar-refractivity contribution in [2.75, 3.05) is 44.4 Å². The number of anilines is 1. The Kier molecular flexibility index (Phi) is 6.99. The molecule has 1 N–H and O–H groups in total. The van der Waals surface area contributed by atoms with Crippen LogP contribution in [0.25, 0.3) is 0 Å². The third-order valence-corrected chi connectivity index (χ3v) is 2.53. The van der Waals surface area contributed by atoms with Crippen LogP contribution in [0.3, 0.4) is 0 Å². The van der Waals surface area contributed by atoms with E-state index in [1.165, 1.54) is 6.07 Å². The molecule has 0 aromatic carbocycles. The molecule has 0 atom stereocenters. The molecule has 0 aliphatic heterocycles. The first-order valence-corrected chi connectivity index (χ1v) is 6.42. The van der Waals surface area contributed by atoms with Gasteiger partial charge in [0.2, 0.25) is 5.76 Å². The highest BCUT2D eigenvalue weighted by molar-refractivity contribution is 5.84. The van der Waals surface area contributed by atoms with Crippen molar-refractivity contribution in [3.8, 4) is 0 Å². The molecule has 1 aromatic heterocycles. The summed E-state index contributed by atoms with van der Waals surface area (Å²) in [6.45, 7) is 7.55. The van der Waals surface area contributed by atoms with E-state index in [0.717, 1.165) is 0 Å². The molecule has 0 aliphatic rings. The van der Waals surface area contributed by atoms with E-state index in [0.29, 0.717) is 45.4 Å². The fourth-order valence-corrected chi connectivity index (χ4v) is 1.58. The Morgan fingerprint density at radius 2 is 1.79 bits per heavy atom. The zero-order valence-corrected chi connectivity index (χ0v) is 11.4. The van der Waals surface area contributed by atoms with Gasteiger partial charge in [0, 0.05) is 32.4 Å². The molecule has 108 valence electrons. The lowest BCUT2D eigenvalue weighted by Crippen LogP contribution is -2.30. The number of carboxylic acid groups (broad SMARTS) is 1. The zero-order chi connectivity index (χ0) is 14.1. The number of hydrogen-bond acceptors (Lipinski definition) is 5. The first kappa shape index (κ1) is 15.5. The smallest absolute Gasteiger partial charge is 0.371 e. The summed E-state index contributed by atoms with van der Waals surface area (Å²) >= 11 is 0. The molecule has 6 heteroatoms. The highest BCUT2D eigenvalue weighted by atomic mass is 16.5. The summed E-state index contributed by atoms with van der Waals surface area (Å²) in [5, 5.41) is 8.85. The molecule has 0 radical (unpaired) electrons. The van der Waals surface area contributed by atoms with Crippen LogP contribution < -0.4 is 4.90 Å². The van der Waals surface area contributed by atoms with Gasteiger partial charge in [-0.15, -0.1) is 0 Å². The average molecular weight is 271 g/mol. The quantitative estimate of drug-likeness (QED) is 0.655. The van der Waals surface area contributed by atoms with Crippen molar-refractivity contribution in [3.63, 3.8) is 0 Å². The summed E-state index contributed by atoms with van der Waals surface area (Å²) in [7, 11) is 0. The van der Waals surface area contributed by atoms with E-state index >= 15 is 0 Å². The maximum Gasteiger partial charge on any atom is 0.371 e. The molecule has 0 spiro atoms. The van der Waals surface area contributed by atoms with Gasteiger partial charge in [0.1, 0.15) is 0 Å². The zero-order valence-electron chi connectivity index (χ0n) is 11.4. The SMILES string of the molecule is CCOCCN(CCOCC)c1ccc(C(=O)O)o1. The van der Waals surface area contributed by atoms with E-state index < -0.39 is 5.97 Å². The molecule has 1 heterocycles. The molecule has 0 amide bonds. The molecular weight excluding hydrogens is 250 g/mol. The first-order valence-electron chi connectivity index (χ1n) is 6.42. The molecule has 1 aromatic rings. The van der Waals surface area contributed by atoms with Crippen LogP contribution in [-0.4, -0.2) is 50.6 Å². The molecule has 19 heavy (non-hydrogen) atoms. The summed E-state index contributed by atoms with van der Waals surface area (Å²) in [5.74, 6) is -0.606. The number of ether oxygens (including phenoxy) is 2. The molecule has 0 unspecified atom stereocenters. The number of nitrogens with zero attached hydrogens (tertiary/aromatic N) is 1. The predicted octanol–water partition coefficient (Wildman–Crippen LogP) is 1.86. The van der Waals surface area contributed by atoms with Crippen LogP contribution in [0.5, 0.6) is 0 Å². The van der Waals surface area contributed by atoms with Gasteiger partial charge >= 0.3 is 5.97 Å². The van der Waals surface area contributed by atoms with Crippen molar-refractivity contribution in [2.24, 2.45) is 0 Å². The van der Waals surface area contributed by atoms with Crippen molar-refractivity contribution in [1.29, 1.82) is 0 Å². The Morgan fingerprint density at radius 1 is 1.21 bits per heavy atom. The van der Waals surface area contributed by atoms with E-state index in [2.05, 4.69) is 0 Å². The van der Waals surface area contributed by atoms with Gasteiger partial charge in [0.05, 0.1) is 13.2 Å². The molecule has 0 aliphatic carbocycles. The second-order valence-electron chi connectivity index (χ2n) is 3.82. The fraction of sp³-hybridized carbons (Fsp3) is 0.615. The van der Waals surface area contributed by atoms with Crippen LogP contribution in [-0.2, 0) is 9.47 Å². The lowest BCUT2D eigenvalue weighted by molar-refractivity contribution is 0.0663. The Balaban J connectivity index is 2.61. The van der Waals surface area contributed by atoms with Crippen molar-refractivity contribution in [2.45, 2.75) is 13.8 Å². The third-order valence-electron chi connectivity index (χ3n) is 2.53. The number of aromatic carboxylic acids is 1. The topological polar surface area (TPSA) is 72.1 Å². The van der Waals surface area contributed by atoms with Gasteiger partial charge in [-0.3, -0.25) is 0 Å². The number of carbonyl (C=O) groups is 1. The molecule has 0 saturated heterocycles. The highest BCUT2D eigenvalue weighted by Gasteiger charge is 2.14. The summed E-state index contributed by atoms with van der Waals surface area (Å²) in [6, 6.07) is 3.10. The van der Waals surface area contributed by atoms with Crippen LogP contribution in [0.1, 0.15) is 24.4 Å². The van der Waals surface area contributed by atoms with Crippen molar-refractivity contribution in [1.82, 2.24) is 0 Å². The second-order valence-corrected chi connectivity index (χ2v) is 3.82. The van der Waals surface area contributed by atoms with Crippen LogP contribution in [0.4, 0.5) is 5.88 Å². The number of carboxylic acids is 1. The second kappa shape index (κ2) is 8.55. The van der Waals surface area contributed by atoms with Gasteiger partial charge < -0.3 is 23.9 Å². The Bertz CT molecular complexity index is 367. The summed E-state index contributed by atoms with van der Waals surface area (Å²) in [4.78, 5) is 12.7. The number of rotatable bonds is 10. The molecule has 1 rings (SSSR count). The van der Waals surface area contributed by atoms with Crippen LogP contribution in [0.15, 0.2) is 16.5 Å². The molecule has 6 nitrogen and oxygen atoms in total. The summed E-state index contributed by atoms with van der Waals surface area (Å²) in [5.41, 5.74) is 0. The maximum absolute atomic E-state index is 10.8. The Morgan fingerprint density at radius 3 is 2.21 bits per heavy atom. The van der Waals surface area contributed by atoms with Crippen LogP contribution in [0, 0.1) is 0 Å². The lowest BCUT2D eigenvalue weighted by atomic mass is 10.4. The van der Waals surface area contributed by atoms with Crippen LogP contribution in [0.2, 0.25) is 0 Å². The van der Waals surface area contributed by atoms with Gasteiger partial charge in [-0.1, -0.05) is 0 Å².